The summed E-state index contributed by atoms with van der Waals surface area (Å²) >= 11 is 7.67. The number of hydrazone groups is 1. The van der Waals surface area contributed by atoms with E-state index in [4.69, 9.17) is 21.1 Å². The Balaban J connectivity index is 2.15. The minimum atomic E-state index is 0.481. The third-order valence-corrected chi connectivity index (χ3v) is 3.67. The molecule has 0 aliphatic heterocycles. The van der Waals surface area contributed by atoms with Gasteiger partial charge in [-0.05, 0) is 31.5 Å². The summed E-state index contributed by atoms with van der Waals surface area (Å²) < 4.78 is 10.8. The van der Waals surface area contributed by atoms with Crippen LogP contribution in [0.3, 0.4) is 0 Å². The van der Waals surface area contributed by atoms with Gasteiger partial charge >= 0.3 is 0 Å². The van der Waals surface area contributed by atoms with Crippen LogP contribution in [0.25, 0.3) is 0 Å². The van der Waals surface area contributed by atoms with Crippen LogP contribution in [-0.2, 0) is 0 Å². The van der Waals surface area contributed by atoms with E-state index in [1.165, 1.54) is 11.3 Å². The number of anilines is 1. The van der Waals surface area contributed by atoms with Crippen molar-refractivity contribution in [2.45, 2.75) is 13.8 Å². The third-order valence-electron chi connectivity index (χ3n) is 2.53. The Hall–Kier alpha value is -1.79. The van der Waals surface area contributed by atoms with Crippen LogP contribution >= 0.6 is 22.9 Å². The molecule has 1 heterocycles. The zero-order valence-electron chi connectivity index (χ0n) is 12.0. The molecular weight excluding hydrogens is 310 g/mol. The highest BCUT2D eigenvalue weighted by atomic mass is 35.5. The summed E-state index contributed by atoms with van der Waals surface area (Å²) in [5.74, 6) is 1.12. The molecule has 2 rings (SSSR count). The summed E-state index contributed by atoms with van der Waals surface area (Å²) in [7, 11) is 1.56. The lowest BCUT2D eigenvalue weighted by atomic mass is 10.2. The lowest BCUT2D eigenvalue weighted by Gasteiger charge is -2.11. The number of hydrogen-bond acceptors (Lipinski definition) is 6. The summed E-state index contributed by atoms with van der Waals surface area (Å²) in [6.07, 6.45) is 1.66. The van der Waals surface area contributed by atoms with Crippen molar-refractivity contribution in [3.05, 3.63) is 33.8 Å². The molecule has 0 spiro atoms. The van der Waals surface area contributed by atoms with E-state index in [-0.39, 0.29) is 0 Å². The van der Waals surface area contributed by atoms with Crippen molar-refractivity contribution in [3.63, 3.8) is 0 Å². The molecule has 0 amide bonds. The Kier molecular flexibility index (Phi) is 5.41. The van der Waals surface area contributed by atoms with Gasteiger partial charge in [-0.2, -0.15) is 5.10 Å². The van der Waals surface area contributed by atoms with Gasteiger partial charge in [0.2, 0.25) is 5.13 Å². The second-order valence-electron chi connectivity index (χ2n) is 4.13. The van der Waals surface area contributed by atoms with Gasteiger partial charge in [-0.25, -0.2) is 4.98 Å². The van der Waals surface area contributed by atoms with E-state index in [0.29, 0.717) is 23.1 Å². The van der Waals surface area contributed by atoms with Crippen molar-refractivity contribution in [2.24, 2.45) is 5.10 Å². The number of thiazole rings is 1. The first-order chi connectivity index (χ1) is 10.1. The Morgan fingerprint density at radius 3 is 2.90 bits per heavy atom. The van der Waals surface area contributed by atoms with Gasteiger partial charge in [0.1, 0.15) is 0 Å². The normalized spacial score (nSPS) is 10.9. The highest BCUT2D eigenvalue weighted by Crippen LogP contribution is 2.35. The molecule has 1 aromatic carbocycles. The summed E-state index contributed by atoms with van der Waals surface area (Å²) in [6, 6.07) is 3.59. The molecule has 0 unspecified atom stereocenters. The number of hydrogen-bond donors (Lipinski definition) is 1. The molecule has 7 heteroatoms. The average Bonchev–Trinajstić information content (AvgIpc) is 2.85. The van der Waals surface area contributed by atoms with Crippen LogP contribution < -0.4 is 14.9 Å². The molecule has 5 nitrogen and oxygen atoms in total. The van der Waals surface area contributed by atoms with Gasteiger partial charge in [-0.1, -0.05) is 11.6 Å². The standard InChI is InChI=1S/C14H16ClN3O2S/c1-4-20-12-6-10(5-11(15)13(12)19-3)7-16-18-14-17-9(2)8-21-14/h5-8H,4H2,1-3H3,(H,17,18). The average molecular weight is 326 g/mol. The smallest absolute Gasteiger partial charge is 0.203 e. The van der Waals surface area contributed by atoms with Gasteiger partial charge in [0.15, 0.2) is 11.5 Å². The number of methoxy groups -OCH3 is 1. The van der Waals surface area contributed by atoms with E-state index in [9.17, 15) is 0 Å². The molecule has 0 atom stereocenters. The zero-order valence-corrected chi connectivity index (χ0v) is 13.6. The van der Waals surface area contributed by atoms with E-state index in [2.05, 4.69) is 15.5 Å². The van der Waals surface area contributed by atoms with Gasteiger partial charge in [0, 0.05) is 5.38 Å². The van der Waals surface area contributed by atoms with E-state index in [1.54, 1.807) is 19.4 Å². The van der Waals surface area contributed by atoms with Crippen LogP contribution in [0.15, 0.2) is 22.6 Å². The van der Waals surface area contributed by atoms with Crippen LogP contribution in [0, 0.1) is 6.92 Å². The van der Waals surface area contributed by atoms with Crippen molar-refractivity contribution < 1.29 is 9.47 Å². The number of rotatable bonds is 6. The van der Waals surface area contributed by atoms with Gasteiger partial charge in [-0.15, -0.1) is 11.3 Å². The van der Waals surface area contributed by atoms with Crippen LogP contribution in [0.5, 0.6) is 11.5 Å². The first-order valence-corrected chi connectivity index (χ1v) is 7.61. The van der Waals surface area contributed by atoms with Crippen molar-refractivity contribution in [2.75, 3.05) is 19.1 Å². The first-order valence-electron chi connectivity index (χ1n) is 6.35. The number of aryl methyl sites for hydroxylation is 1. The summed E-state index contributed by atoms with van der Waals surface area (Å²) in [5.41, 5.74) is 4.65. The highest BCUT2D eigenvalue weighted by Gasteiger charge is 2.10. The zero-order chi connectivity index (χ0) is 15.2. The van der Waals surface area contributed by atoms with Gasteiger partial charge in [0.25, 0.3) is 0 Å². The Morgan fingerprint density at radius 1 is 1.48 bits per heavy atom. The molecule has 0 saturated carbocycles. The first kappa shape index (κ1) is 15.6. The third kappa shape index (κ3) is 4.09. The summed E-state index contributed by atoms with van der Waals surface area (Å²) in [4.78, 5) is 4.26. The fourth-order valence-corrected chi connectivity index (χ4v) is 2.62. The monoisotopic (exact) mass is 325 g/mol. The number of aromatic nitrogens is 1. The molecule has 1 aromatic heterocycles. The molecule has 112 valence electrons. The van der Waals surface area contributed by atoms with E-state index < -0.39 is 0 Å². The predicted molar refractivity (Wildman–Crippen MR) is 87.2 cm³/mol. The number of nitrogens with one attached hydrogen (secondary N) is 1. The van der Waals surface area contributed by atoms with E-state index in [0.717, 1.165) is 16.4 Å². The molecule has 21 heavy (non-hydrogen) atoms. The number of halogens is 1. The summed E-state index contributed by atoms with van der Waals surface area (Å²) in [5, 5.41) is 7.32. The maximum atomic E-state index is 6.17. The van der Waals surface area contributed by atoms with Crippen LogP contribution in [0.2, 0.25) is 5.02 Å². The second-order valence-corrected chi connectivity index (χ2v) is 5.40. The molecular formula is C14H16ClN3O2S. The van der Waals surface area contributed by atoms with Gasteiger partial charge in [-0.3, -0.25) is 5.43 Å². The molecule has 0 radical (unpaired) electrons. The Morgan fingerprint density at radius 2 is 2.29 bits per heavy atom. The van der Waals surface area contributed by atoms with Gasteiger partial charge < -0.3 is 9.47 Å². The van der Waals surface area contributed by atoms with Crippen molar-refractivity contribution >= 4 is 34.3 Å². The molecule has 0 fully saturated rings. The molecule has 1 N–H and O–H groups in total. The fourth-order valence-electron chi connectivity index (χ4n) is 1.69. The number of nitrogens with zero attached hydrogens (tertiary/aromatic N) is 2. The Labute approximate surface area is 132 Å². The molecule has 0 bridgehead atoms. The fraction of sp³-hybridized carbons (Fsp3) is 0.286. The van der Waals surface area contributed by atoms with Crippen LogP contribution in [0.1, 0.15) is 18.2 Å². The minimum Gasteiger partial charge on any atom is -0.491 e. The minimum absolute atomic E-state index is 0.481. The molecule has 0 saturated heterocycles. The van der Waals surface area contributed by atoms with E-state index in [1.807, 2.05) is 25.3 Å². The molecule has 0 aliphatic rings. The van der Waals surface area contributed by atoms with Crippen LogP contribution in [0.4, 0.5) is 5.13 Å². The largest absolute Gasteiger partial charge is 0.491 e. The predicted octanol–water partition coefficient (Wildman–Crippen LogP) is 3.96. The maximum absolute atomic E-state index is 6.17. The number of ether oxygens (including phenoxy) is 2. The van der Waals surface area contributed by atoms with E-state index >= 15 is 0 Å². The van der Waals surface area contributed by atoms with Gasteiger partial charge in [0.05, 0.1) is 30.6 Å². The Bertz CT molecular complexity index is 643. The molecule has 0 aliphatic carbocycles. The quantitative estimate of drug-likeness (QED) is 0.645. The summed E-state index contributed by atoms with van der Waals surface area (Å²) in [6.45, 7) is 4.37. The van der Waals surface area contributed by atoms with Crippen molar-refractivity contribution in [1.29, 1.82) is 0 Å². The topological polar surface area (TPSA) is 55.7 Å². The van der Waals surface area contributed by atoms with Crippen molar-refractivity contribution in [3.8, 4) is 11.5 Å². The lowest BCUT2D eigenvalue weighted by molar-refractivity contribution is 0.311. The molecule has 2 aromatic rings. The highest BCUT2D eigenvalue weighted by molar-refractivity contribution is 7.13. The second kappa shape index (κ2) is 7.28. The van der Waals surface area contributed by atoms with Crippen LogP contribution in [-0.4, -0.2) is 24.9 Å². The SMILES string of the molecule is CCOc1cc(C=NNc2nc(C)cs2)cc(Cl)c1OC. The lowest BCUT2D eigenvalue weighted by Crippen LogP contribution is -1.98. The maximum Gasteiger partial charge on any atom is 0.203 e. The number of benzene rings is 1. The van der Waals surface area contributed by atoms with Crippen molar-refractivity contribution in [1.82, 2.24) is 4.98 Å².